The van der Waals surface area contributed by atoms with Crippen LogP contribution in [0.3, 0.4) is 0 Å². The van der Waals surface area contributed by atoms with Crippen molar-refractivity contribution in [1.29, 1.82) is 0 Å². The summed E-state index contributed by atoms with van der Waals surface area (Å²) in [6, 6.07) is 0. The van der Waals surface area contributed by atoms with E-state index in [0.29, 0.717) is 19.1 Å². The summed E-state index contributed by atoms with van der Waals surface area (Å²) in [6.45, 7) is 6.19. The molecule has 1 aromatic heterocycles. The molecule has 0 aromatic carbocycles. The Labute approximate surface area is 118 Å². The zero-order chi connectivity index (χ0) is 14.1. The van der Waals surface area contributed by atoms with E-state index in [0.717, 1.165) is 17.5 Å². The summed E-state index contributed by atoms with van der Waals surface area (Å²) in [7, 11) is 3.18. The molecule has 0 aliphatic carbocycles. The van der Waals surface area contributed by atoms with Gasteiger partial charge in [-0.25, -0.2) is 4.68 Å². The van der Waals surface area contributed by atoms with Gasteiger partial charge in [0.2, 0.25) is 5.16 Å². The van der Waals surface area contributed by atoms with E-state index < -0.39 is 0 Å². The SMILES string of the molecule is COC(Cn1nnnc1SCCOCC(C)C)OC. The van der Waals surface area contributed by atoms with Crippen molar-refractivity contribution in [1.82, 2.24) is 20.2 Å². The van der Waals surface area contributed by atoms with Crippen molar-refractivity contribution in [2.75, 3.05) is 33.2 Å². The molecule has 8 heteroatoms. The van der Waals surface area contributed by atoms with Crippen LogP contribution in [-0.2, 0) is 20.8 Å². The van der Waals surface area contributed by atoms with Crippen molar-refractivity contribution in [3.05, 3.63) is 0 Å². The second-order valence-corrected chi connectivity index (χ2v) is 5.42. The van der Waals surface area contributed by atoms with Crippen molar-refractivity contribution in [3.8, 4) is 0 Å². The predicted octanol–water partition coefficient (Wildman–Crippen LogP) is 1.06. The minimum atomic E-state index is -0.347. The van der Waals surface area contributed by atoms with E-state index in [1.165, 1.54) is 0 Å². The fraction of sp³-hybridized carbons (Fsp3) is 0.909. The molecule has 19 heavy (non-hydrogen) atoms. The molecule has 0 atom stereocenters. The smallest absolute Gasteiger partial charge is 0.209 e. The maximum Gasteiger partial charge on any atom is 0.209 e. The van der Waals surface area contributed by atoms with E-state index in [1.54, 1.807) is 30.7 Å². The van der Waals surface area contributed by atoms with Crippen molar-refractivity contribution in [2.45, 2.75) is 31.8 Å². The van der Waals surface area contributed by atoms with Gasteiger partial charge in [0, 0.05) is 26.6 Å². The molecular formula is C11H22N4O3S. The van der Waals surface area contributed by atoms with Crippen molar-refractivity contribution in [2.24, 2.45) is 5.92 Å². The third-order valence-corrected chi connectivity index (χ3v) is 3.18. The minimum absolute atomic E-state index is 0.347. The Kier molecular flexibility index (Phi) is 7.96. The van der Waals surface area contributed by atoms with Crippen LogP contribution in [-0.4, -0.2) is 59.7 Å². The summed E-state index contributed by atoms with van der Waals surface area (Å²) in [6.07, 6.45) is -0.347. The third kappa shape index (κ3) is 6.33. The highest BCUT2D eigenvalue weighted by Crippen LogP contribution is 2.14. The van der Waals surface area contributed by atoms with Gasteiger partial charge in [0.1, 0.15) is 0 Å². The molecule has 0 aliphatic heterocycles. The number of hydrogen-bond acceptors (Lipinski definition) is 7. The summed E-state index contributed by atoms with van der Waals surface area (Å²) in [4.78, 5) is 0. The van der Waals surface area contributed by atoms with Crippen LogP contribution in [0.15, 0.2) is 5.16 Å². The second kappa shape index (κ2) is 9.24. The van der Waals surface area contributed by atoms with E-state index >= 15 is 0 Å². The maximum atomic E-state index is 5.51. The van der Waals surface area contributed by atoms with Crippen LogP contribution < -0.4 is 0 Å². The quantitative estimate of drug-likeness (QED) is 0.362. The molecule has 0 N–H and O–H groups in total. The molecule has 0 fully saturated rings. The van der Waals surface area contributed by atoms with Crippen LogP contribution in [0.25, 0.3) is 0 Å². The van der Waals surface area contributed by atoms with Crippen molar-refractivity contribution in [3.63, 3.8) is 0 Å². The molecule has 1 heterocycles. The van der Waals surface area contributed by atoms with Crippen LogP contribution in [0.5, 0.6) is 0 Å². The average Bonchev–Trinajstić information content (AvgIpc) is 2.82. The number of tetrazole rings is 1. The molecule has 0 amide bonds. The second-order valence-electron chi connectivity index (χ2n) is 4.36. The van der Waals surface area contributed by atoms with Gasteiger partial charge >= 0.3 is 0 Å². The van der Waals surface area contributed by atoms with Crippen LogP contribution in [0.4, 0.5) is 0 Å². The fourth-order valence-electron chi connectivity index (χ4n) is 1.31. The van der Waals surface area contributed by atoms with E-state index in [2.05, 4.69) is 29.4 Å². The van der Waals surface area contributed by atoms with Crippen molar-refractivity contribution < 1.29 is 14.2 Å². The third-order valence-electron chi connectivity index (χ3n) is 2.26. The van der Waals surface area contributed by atoms with E-state index in [1.807, 2.05) is 0 Å². The van der Waals surface area contributed by atoms with Gasteiger partial charge in [-0.2, -0.15) is 0 Å². The van der Waals surface area contributed by atoms with Crippen LogP contribution in [0, 0.1) is 5.92 Å². The van der Waals surface area contributed by atoms with E-state index in [4.69, 9.17) is 14.2 Å². The lowest BCUT2D eigenvalue weighted by atomic mass is 10.2. The summed E-state index contributed by atoms with van der Waals surface area (Å²) in [5.74, 6) is 1.37. The Hall–Kier alpha value is -0.700. The van der Waals surface area contributed by atoms with Crippen LogP contribution in [0.2, 0.25) is 0 Å². The highest BCUT2D eigenvalue weighted by molar-refractivity contribution is 7.99. The number of methoxy groups -OCH3 is 2. The molecule has 0 aliphatic rings. The monoisotopic (exact) mass is 290 g/mol. The molecule has 110 valence electrons. The lowest BCUT2D eigenvalue weighted by molar-refractivity contribution is -0.113. The Bertz CT molecular complexity index is 344. The zero-order valence-electron chi connectivity index (χ0n) is 11.9. The van der Waals surface area contributed by atoms with Crippen molar-refractivity contribution >= 4 is 11.8 Å². The highest BCUT2D eigenvalue weighted by atomic mass is 32.2. The van der Waals surface area contributed by atoms with E-state index in [9.17, 15) is 0 Å². The van der Waals surface area contributed by atoms with Crippen LogP contribution in [0.1, 0.15) is 13.8 Å². The van der Waals surface area contributed by atoms with Gasteiger partial charge in [-0.1, -0.05) is 25.6 Å². The Balaban J connectivity index is 2.32. The Morgan fingerprint density at radius 1 is 1.26 bits per heavy atom. The standard InChI is InChI=1S/C11H22N4O3S/c1-9(2)8-18-5-6-19-11-12-13-14-15(11)7-10(16-3)17-4/h9-10H,5-8H2,1-4H3. The molecule has 7 nitrogen and oxygen atoms in total. The molecule has 1 rings (SSSR count). The number of aromatic nitrogens is 4. The number of thioether (sulfide) groups is 1. The Morgan fingerprint density at radius 3 is 2.63 bits per heavy atom. The minimum Gasteiger partial charge on any atom is -0.380 e. The molecule has 1 aromatic rings. The molecule has 0 saturated carbocycles. The molecule has 0 radical (unpaired) electrons. The first-order valence-electron chi connectivity index (χ1n) is 6.19. The van der Waals surface area contributed by atoms with Gasteiger partial charge in [-0.05, 0) is 16.3 Å². The number of rotatable bonds is 10. The van der Waals surface area contributed by atoms with E-state index in [-0.39, 0.29) is 6.29 Å². The van der Waals surface area contributed by atoms with Gasteiger partial charge in [-0.15, -0.1) is 5.10 Å². The average molecular weight is 290 g/mol. The van der Waals surface area contributed by atoms with Gasteiger partial charge in [0.05, 0.1) is 13.2 Å². The van der Waals surface area contributed by atoms with Gasteiger partial charge in [0.25, 0.3) is 0 Å². The first kappa shape index (κ1) is 16.4. The van der Waals surface area contributed by atoms with Crippen LogP contribution >= 0.6 is 11.8 Å². The normalized spacial score (nSPS) is 11.7. The Morgan fingerprint density at radius 2 is 2.00 bits per heavy atom. The highest BCUT2D eigenvalue weighted by Gasteiger charge is 2.12. The van der Waals surface area contributed by atoms with Gasteiger partial charge in [0.15, 0.2) is 6.29 Å². The first-order valence-corrected chi connectivity index (χ1v) is 7.18. The molecule has 0 spiro atoms. The summed E-state index contributed by atoms with van der Waals surface area (Å²) < 4.78 is 17.4. The number of nitrogens with zero attached hydrogens (tertiary/aromatic N) is 4. The summed E-state index contributed by atoms with van der Waals surface area (Å²) in [5, 5.41) is 12.3. The van der Waals surface area contributed by atoms with Gasteiger partial charge in [-0.3, -0.25) is 0 Å². The topological polar surface area (TPSA) is 71.3 Å². The largest absolute Gasteiger partial charge is 0.380 e. The van der Waals surface area contributed by atoms with Gasteiger partial charge < -0.3 is 14.2 Å². The number of hydrogen-bond donors (Lipinski definition) is 0. The molecular weight excluding hydrogens is 268 g/mol. The zero-order valence-corrected chi connectivity index (χ0v) is 12.7. The molecule has 0 bridgehead atoms. The lowest BCUT2D eigenvalue weighted by Gasteiger charge is -2.13. The maximum absolute atomic E-state index is 5.51. The lowest BCUT2D eigenvalue weighted by Crippen LogP contribution is -2.22. The summed E-state index contributed by atoms with van der Waals surface area (Å²) >= 11 is 1.56. The number of ether oxygens (including phenoxy) is 3. The molecule has 0 saturated heterocycles. The predicted molar refractivity (Wildman–Crippen MR) is 72.0 cm³/mol. The fourth-order valence-corrected chi connectivity index (χ4v) is 2.05. The summed E-state index contributed by atoms with van der Waals surface area (Å²) in [5.41, 5.74) is 0. The first-order chi connectivity index (χ1) is 9.17. The molecule has 0 unspecified atom stereocenters.